The molecule has 0 spiro atoms. The van der Waals surface area contributed by atoms with E-state index in [1.165, 1.54) is 12.1 Å². The van der Waals surface area contributed by atoms with Crippen LogP contribution < -0.4 is 4.72 Å². The van der Waals surface area contributed by atoms with Crippen molar-refractivity contribution in [3.63, 3.8) is 0 Å². The molecule has 1 heterocycles. The number of piperidine rings is 1. The molecule has 1 aliphatic heterocycles. The first-order valence-corrected chi connectivity index (χ1v) is 10.4. The molecule has 0 atom stereocenters. The first-order valence-electron chi connectivity index (χ1n) is 8.55. The van der Waals surface area contributed by atoms with Gasteiger partial charge in [0.25, 0.3) is 15.9 Å². The summed E-state index contributed by atoms with van der Waals surface area (Å²) in [7, 11) is -3.74. The number of carbonyl (C=O) groups excluding carboxylic acids is 1. The van der Waals surface area contributed by atoms with Crippen LogP contribution in [0.2, 0.25) is 5.02 Å². The maximum Gasteiger partial charge on any atom is 0.261 e. The third kappa shape index (κ3) is 4.19. The van der Waals surface area contributed by atoms with Crippen molar-refractivity contribution in [2.24, 2.45) is 0 Å². The second kappa shape index (κ2) is 7.68. The zero-order valence-corrected chi connectivity index (χ0v) is 16.1. The predicted molar refractivity (Wildman–Crippen MR) is 103 cm³/mol. The number of nitrogens with one attached hydrogen (secondary N) is 1. The first-order chi connectivity index (χ1) is 12.4. The number of amides is 1. The van der Waals surface area contributed by atoms with Gasteiger partial charge >= 0.3 is 0 Å². The number of sulfonamides is 1. The topological polar surface area (TPSA) is 66.5 Å². The molecule has 7 heteroatoms. The number of nitrogens with zero attached hydrogens (tertiary/aromatic N) is 1. The van der Waals surface area contributed by atoms with Gasteiger partial charge in [0.05, 0.1) is 15.6 Å². The maximum atomic E-state index is 12.5. The highest BCUT2D eigenvalue weighted by molar-refractivity contribution is 7.92. The highest BCUT2D eigenvalue weighted by atomic mass is 35.5. The molecule has 0 aromatic heterocycles. The fourth-order valence-corrected chi connectivity index (χ4v) is 4.30. The normalized spacial score (nSPS) is 14.9. The van der Waals surface area contributed by atoms with Gasteiger partial charge in [0.2, 0.25) is 0 Å². The smallest absolute Gasteiger partial charge is 0.261 e. The first kappa shape index (κ1) is 18.7. The summed E-state index contributed by atoms with van der Waals surface area (Å²) < 4.78 is 27.5. The minimum atomic E-state index is -3.74. The van der Waals surface area contributed by atoms with Gasteiger partial charge in [-0.25, -0.2) is 8.42 Å². The molecule has 1 N–H and O–H groups in total. The number of hydrogen-bond donors (Lipinski definition) is 1. The monoisotopic (exact) mass is 392 g/mol. The van der Waals surface area contributed by atoms with Gasteiger partial charge in [-0.15, -0.1) is 0 Å². The summed E-state index contributed by atoms with van der Waals surface area (Å²) in [6, 6.07) is 11.2. The Morgan fingerprint density at radius 1 is 1.04 bits per heavy atom. The molecule has 1 aliphatic rings. The van der Waals surface area contributed by atoms with Crippen molar-refractivity contribution in [1.29, 1.82) is 0 Å². The van der Waals surface area contributed by atoms with Gasteiger partial charge in [-0.1, -0.05) is 29.3 Å². The number of likely N-dealkylation sites (tertiary alicyclic amines) is 1. The van der Waals surface area contributed by atoms with E-state index in [9.17, 15) is 13.2 Å². The lowest BCUT2D eigenvalue weighted by Gasteiger charge is -2.26. The highest BCUT2D eigenvalue weighted by Crippen LogP contribution is 2.27. The van der Waals surface area contributed by atoms with Crippen molar-refractivity contribution >= 4 is 33.2 Å². The van der Waals surface area contributed by atoms with Crippen molar-refractivity contribution < 1.29 is 13.2 Å². The second-order valence-corrected chi connectivity index (χ2v) is 8.56. The Morgan fingerprint density at radius 2 is 1.69 bits per heavy atom. The van der Waals surface area contributed by atoms with Gasteiger partial charge in [-0.2, -0.15) is 0 Å². The summed E-state index contributed by atoms with van der Waals surface area (Å²) in [5.74, 6) is -0.0699. The van der Waals surface area contributed by atoms with Crippen molar-refractivity contribution in [3.8, 4) is 0 Å². The lowest BCUT2D eigenvalue weighted by molar-refractivity contribution is 0.0724. The van der Waals surface area contributed by atoms with E-state index in [2.05, 4.69) is 4.72 Å². The maximum absolute atomic E-state index is 12.5. The molecule has 0 aliphatic carbocycles. The Balaban J connectivity index is 1.79. The summed E-state index contributed by atoms with van der Waals surface area (Å²) in [6.45, 7) is 3.38. The SMILES string of the molecule is Cc1ccc(S(=O)(=O)Nc2ccc(C(=O)N3CCCCC3)cc2Cl)cc1. The summed E-state index contributed by atoms with van der Waals surface area (Å²) >= 11 is 6.23. The van der Waals surface area contributed by atoms with E-state index in [0.717, 1.165) is 37.9 Å². The minimum Gasteiger partial charge on any atom is -0.339 e. The van der Waals surface area contributed by atoms with Crippen molar-refractivity contribution in [3.05, 3.63) is 58.6 Å². The van der Waals surface area contributed by atoms with Crippen LogP contribution >= 0.6 is 11.6 Å². The summed E-state index contributed by atoms with van der Waals surface area (Å²) in [4.78, 5) is 14.5. The van der Waals surface area contributed by atoms with Crippen LogP contribution in [-0.2, 0) is 10.0 Å². The molecule has 1 saturated heterocycles. The molecule has 0 radical (unpaired) electrons. The molecular weight excluding hydrogens is 372 g/mol. The highest BCUT2D eigenvalue weighted by Gasteiger charge is 2.20. The molecule has 1 fully saturated rings. The number of benzene rings is 2. The standard InChI is InChI=1S/C19H21ClN2O3S/c1-14-5-8-16(9-6-14)26(24,25)21-18-10-7-15(13-17(18)20)19(23)22-11-3-2-4-12-22/h5-10,13,21H,2-4,11-12H2,1H3. The average molecular weight is 393 g/mol. The molecule has 3 rings (SSSR count). The fourth-order valence-electron chi connectivity index (χ4n) is 2.93. The number of carbonyl (C=O) groups is 1. The number of halogens is 1. The van der Waals surface area contributed by atoms with Crippen LogP contribution in [0.1, 0.15) is 35.2 Å². The van der Waals surface area contributed by atoms with Crippen LogP contribution in [0.4, 0.5) is 5.69 Å². The molecule has 2 aromatic carbocycles. The van der Waals surface area contributed by atoms with Crippen LogP contribution in [0.3, 0.4) is 0 Å². The Kier molecular flexibility index (Phi) is 5.53. The number of anilines is 1. The van der Waals surface area contributed by atoms with E-state index >= 15 is 0 Å². The minimum absolute atomic E-state index is 0.0699. The van der Waals surface area contributed by atoms with Crippen LogP contribution in [0.5, 0.6) is 0 Å². The molecule has 2 aromatic rings. The summed E-state index contributed by atoms with van der Waals surface area (Å²) in [5.41, 5.74) is 1.69. The van der Waals surface area contributed by atoms with Gasteiger partial charge in [-0.3, -0.25) is 9.52 Å². The largest absolute Gasteiger partial charge is 0.339 e. The van der Waals surface area contributed by atoms with E-state index in [1.54, 1.807) is 30.3 Å². The zero-order chi connectivity index (χ0) is 18.7. The van der Waals surface area contributed by atoms with Crippen LogP contribution in [0.25, 0.3) is 0 Å². The van der Waals surface area contributed by atoms with Gasteiger partial charge in [-0.05, 0) is 56.5 Å². The van der Waals surface area contributed by atoms with Gasteiger partial charge in [0.15, 0.2) is 0 Å². The average Bonchev–Trinajstić information content (AvgIpc) is 2.64. The Hall–Kier alpha value is -2.05. The fraction of sp³-hybridized carbons (Fsp3) is 0.316. The van der Waals surface area contributed by atoms with E-state index in [-0.39, 0.29) is 21.5 Å². The summed E-state index contributed by atoms with van der Waals surface area (Å²) in [6.07, 6.45) is 3.16. The lowest BCUT2D eigenvalue weighted by atomic mass is 10.1. The zero-order valence-electron chi connectivity index (χ0n) is 14.5. The molecule has 0 bridgehead atoms. The molecule has 138 valence electrons. The molecule has 0 saturated carbocycles. The molecule has 1 amide bonds. The Bertz CT molecular complexity index is 905. The van der Waals surface area contributed by atoms with Gasteiger partial charge < -0.3 is 4.90 Å². The quantitative estimate of drug-likeness (QED) is 0.852. The molecule has 5 nitrogen and oxygen atoms in total. The third-order valence-electron chi connectivity index (χ3n) is 4.43. The Morgan fingerprint density at radius 3 is 2.31 bits per heavy atom. The van der Waals surface area contributed by atoms with E-state index in [4.69, 9.17) is 11.6 Å². The molecule has 26 heavy (non-hydrogen) atoms. The van der Waals surface area contributed by atoms with Crippen molar-refractivity contribution in [2.75, 3.05) is 17.8 Å². The van der Waals surface area contributed by atoms with Crippen LogP contribution in [0, 0.1) is 6.92 Å². The number of aryl methyl sites for hydroxylation is 1. The van der Waals surface area contributed by atoms with E-state index in [1.807, 2.05) is 11.8 Å². The second-order valence-electron chi connectivity index (χ2n) is 6.47. The van der Waals surface area contributed by atoms with Gasteiger partial charge in [0.1, 0.15) is 0 Å². The van der Waals surface area contributed by atoms with Crippen molar-refractivity contribution in [1.82, 2.24) is 4.90 Å². The van der Waals surface area contributed by atoms with Crippen LogP contribution in [-0.4, -0.2) is 32.3 Å². The number of rotatable bonds is 4. The lowest BCUT2D eigenvalue weighted by Crippen LogP contribution is -2.35. The molecule has 0 unspecified atom stereocenters. The third-order valence-corrected chi connectivity index (χ3v) is 6.13. The summed E-state index contributed by atoms with van der Waals surface area (Å²) in [5, 5.41) is 0.198. The van der Waals surface area contributed by atoms with Crippen molar-refractivity contribution in [2.45, 2.75) is 31.1 Å². The van der Waals surface area contributed by atoms with Gasteiger partial charge in [0, 0.05) is 18.7 Å². The predicted octanol–water partition coefficient (Wildman–Crippen LogP) is 4.08. The number of hydrogen-bond acceptors (Lipinski definition) is 3. The van der Waals surface area contributed by atoms with E-state index in [0.29, 0.717) is 5.56 Å². The van der Waals surface area contributed by atoms with E-state index < -0.39 is 10.0 Å². The Labute approximate surface area is 159 Å². The van der Waals surface area contributed by atoms with Crippen LogP contribution in [0.15, 0.2) is 47.4 Å². The molecular formula is C19H21ClN2O3S.